The predicted molar refractivity (Wildman–Crippen MR) is 138 cm³/mol. The maximum atomic E-state index is 15.0. The minimum absolute atomic E-state index is 0.0155. The van der Waals surface area contributed by atoms with Gasteiger partial charge in [-0.05, 0) is 42.8 Å². The molecule has 2 aromatic carbocycles. The summed E-state index contributed by atoms with van der Waals surface area (Å²) in [6.45, 7) is 4.33. The van der Waals surface area contributed by atoms with Crippen LogP contribution in [-0.4, -0.2) is 44.2 Å². The van der Waals surface area contributed by atoms with Crippen molar-refractivity contribution in [1.82, 2.24) is 5.32 Å². The third-order valence-corrected chi connectivity index (χ3v) is 7.84. The molecular weight excluding hydrogens is 655 g/mol. The van der Waals surface area contributed by atoms with Gasteiger partial charge in [-0.15, -0.1) is 0 Å². The molecule has 0 saturated heterocycles. The number of benzene rings is 2. The topological polar surface area (TPSA) is 63.2 Å². The van der Waals surface area contributed by atoms with Gasteiger partial charge in [0.1, 0.15) is 17.5 Å². The summed E-state index contributed by atoms with van der Waals surface area (Å²) < 4.78 is 158. The number of carbonyl (C=O) groups is 1. The average molecular weight is 674 g/mol. The fourth-order valence-corrected chi connectivity index (χ4v) is 5.88. The Morgan fingerprint density at radius 3 is 2.00 bits per heavy atom. The molecule has 0 spiro atoms. The Hall–Kier alpha value is -2.78. The fraction of sp³-hybridized carbons (Fsp3) is 0.320. The molecule has 232 valence electrons. The Labute approximate surface area is 242 Å². The van der Waals surface area contributed by atoms with Crippen molar-refractivity contribution in [2.75, 3.05) is 11.5 Å². The van der Waals surface area contributed by atoms with E-state index in [-0.39, 0.29) is 27.8 Å². The molecular formula is C25H19Cl2F10NO3S. The van der Waals surface area contributed by atoms with Crippen LogP contribution in [0.4, 0.5) is 43.9 Å². The fourth-order valence-electron chi connectivity index (χ4n) is 3.76. The molecule has 2 rings (SSSR count). The third kappa shape index (κ3) is 9.63. The lowest BCUT2D eigenvalue weighted by Gasteiger charge is -2.20. The van der Waals surface area contributed by atoms with Crippen molar-refractivity contribution in [3.63, 3.8) is 0 Å². The van der Waals surface area contributed by atoms with Crippen LogP contribution in [0.2, 0.25) is 10.0 Å². The molecule has 1 N–H and O–H groups in total. The van der Waals surface area contributed by atoms with Crippen LogP contribution < -0.4 is 5.32 Å². The molecule has 2 aromatic rings. The number of sulfone groups is 1. The van der Waals surface area contributed by atoms with Crippen molar-refractivity contribution in [1.29, 1.82) is 0 Å². The maximum absolute atomic E-state index is 15.0. The molecule has 0 heterocycles. The molecule has 0 aliphatic rings. The minimum Gasteiger partial charge on any atom is -0.349 e. The van der Waals surface area contributed by atoms with Crippen molar-refractivity contribution in [2.24, 2.45) is 0 Å². The van der Waals surface area contributed by atoms with Gasteiger partial charge in [0.2, 0.25) is 0 Å². The van der Waals surface area contributed by atoms with Crippen molar-refractivity contribution >= 4 is 50.8 Å². The van der Waals surface area contributed by atoms with E-state index >= 15 is 4.39 Å². The van der Waals surface area contributed by atoms with Crippen LogP contribution in [0.5, 0.6) is 0 Å². The second-order valence-corrected chi connectivity index (χ2v) is 11.9. The lowest BCUT2D eigenvalue weighted by molar-refractivity contribution is -0.140. The Bertz CT molecular complexity index is 1460. The van der Waals surface area contributed by atoms with Gasteiger partial charge >= 0.3 is 18.5 Å². The first-order valence-corrected chi connectivity index (χ1v) is 13.9. The van der Waals surface area contributed by atoms with Gasteiger partial charge in [-0.1, -0.05) is 41.9 Å². The maximum Gasteiger partial charge on any atom is 0.417 e. The van der Waals surface area contributed by atoms with Gasteiger partial charge in [0.25, 0.3) is 5.91 Å². The number of allylic oxidation sites excluding steroid dienone is 1. The summed E-state index contributed by atoms with van der Waals surface area (Å²) in [5.41, 5.74) is -4.56. The van der Waals surface area contributed by atoms with E-state index in [1.165, 1.54) is 0 Å². The zero-order valence-electron chi connectivity index (χ0n) is 21.0. The summed E-state index contributed by atoms with van der Waals surface area (Å²) in [6, 6.07) is 1.12. The van der Waals surface area contributed by atoms with Gasteiger partial charge < -0.3 is 5.32 Å². The number of carbonyl (C=O) groups excluding carboxylic acids is 1. The second kappa shape index (κ2) is 12.8. The van der Waals surface area contributed by atoms with Gasteiger partial charge in [-0.25, -0.2) is 12.8 Å². The number of amides is 1. The second-order valence-electron chi connectivity index (χ2n) is 8.94. The Morgan fingerprint density at radius 1 is 1.00 bits per heavy atom. The molecule has 1 amide bonds. The molecule has 0 fully saturated rings. The molecule has 0 aromatic heterocycles. The molecule has 2 atom stereocenters. The van der Waals surface area contributed by atoms with Crippen molar-refractivity contribution in [3.05, 3.63) is 80.8 Å². The largest absolute Gasteiger partial charge is 0.417 e. The van der Waals surface area contributed by atoms with E-state index in [1.54, 1.807) is 0 Å². The lowest BCUT2D eigenvalue weighted by atomic mass is 9.94. The van der Waals surface area contributed by atoms with Crippen molar-refractivity contribution < 1.29 is 57.1 Å². The summed E-state index contributed by atoms with van der Waals surface area (Å²) in [7, 11) is -4.81. The van der Waals surface area contributed by atoms with Gasteiger partial charge in [-0.2, -0.15) is 39.5 Å². The molecule has 0 aliphatic carbocycles. The normalized spacial score (nSPS) is 14.8. The summed E-state index contributed by atoms with van der Waals surface area (Å²) in [4.78, 5) is 12.5. The number of hydrogen-bond acceptors (Lipinski definition) is 3. The van der Waals surface area contributed by atoms with Crippen LogP contribution in [0.25, 0.3) is 11.9 Å². The first-order chi connectivity index (χ1) is 18.9. The Morgan fingerprint density at radius 2 is 1.55 bits per heavy atom. The van der Waals surface area contributed by atoms with E-state index in [9.17, 15) is 52.7 Å². The Kier molecular flexibility index (Phi) is 10.8. The van der Waals surface area contributed by atoms with Crippen LogP contribution in [0, 0.1) is 0 Å². The smallest absolute Gasteiger partial charge is 0.349 e. The number of rotatable bonds is 9. The quantitative estimate of drug-likeness (QED) is 0.272. The van der Waals surface area contributed by atoms with E-state index in [4.69, 9.17) is 23.2 Å². The molecule has 4 nitrogen and oxygen atoms in total. The first-order valence-electron chi connectivity index (χ1n) is 11.3. The van der Waals surface area contributed by atoms with Crippen LogP contribution in [-0.2, 0) is 16.0 Å². The first kappa shape index (κ1) is 35.4. The van der Waals surface area contributed by atoms with Gasteiger partial charge in [0, 0.05) is 27.2 Å². The van der Waals surface area contributed by atoms with Crippen molar-refractivity contribution in [2.45, 2.75) is 37.4 Å². The summed E-state index contributed by atoms with van der Waals surface area (Å²) >= 11 is 11.8. The molecule has 1 unspecified atom stereocenters. The standard InChI is InChI=1S/C25H19Cl2F10NO3S/c1-3-15-19(26)7-14(8-20(15)27)17(24(32,33)34)9-21(28)13-4-5-16(18(6-13)25(35,36)37)22(39)38-12(2)10-42(40,41)11-23(29,30)31/h3-9,12,17H,1,10-11H2,2H3,(H,38,39)/b21-9-/t12-,17?/m1/s1. The highest BCUT2D eigenvalue weighted by Crippen LogP contribution is 2.42. The van der Waals surface area contributed by atoms with Gasteiger partial charge in [0.15, 0.2) is 9.84 Å². The van der Waals surface area contributed by atoms with Gasteiger partial charge in [0.05, 0.1) is 16.9 Å². The molecule has 42 heavy (non-hydrogen) atoms. The molecule has 17 heteroatoms. The van der Waals surface area contributed by atoms with Crippen LogP contribution in [0.15, 0.2) is 43.0 Å². The van der Waals surface area contributed by atoms with E-state index in [1.807, 2.05) is 5.32 Å². The molecule has 0 aliphatic heterocycles. The highest BCUT2D eigenvalue weighted by molar-refractivity contribution is 7.91. The van der Waals surface area contributed by atoms with E-state index < -0.39 is 85.8 Å². The highest BCUT2D eigenvalue weighted by Gasteiger charge is 2.41. The number of alkyl halides is 9. The van der Waals surface area contributed by atoms with E-state index in [0.717, 1.165) is 25.1 Å². The predicted octanol–water partition coefficient (Wildman–Crippen LogP) is 8.41. The summed E-state index contributed by atoms with van der Waals surface area (Å²) in [5.74, 6) is -9.56. The summed E-state index contributed by atoms with van der Waals surface area (Å²) in [5, 5.41) is 1.30. The van der Waals surface area contributed by atoms with Crippen LogP contribution in [0.3, 0.4) is 0 Å². The lowest BCUT2D eigenvalue weighted by Crippen LogP contribution is -2.40. The molecule has 0 bridgehead atoms. The average Bonchev–Trinajstić information content (AvgIpc) is 2.78. The third-order valence-electron chi connectivity index (χ3n) is 5.44. The number of nitrogens with one attached hydrogen (secondary N) is 1. The molecule has 0 saturated carbocycles. The van der Waals surface area contributed by atoms with Crippen molar-refractivity contribution in [3.8, 4) is 0 Å². The summed E-state index contributed by atoms with van der Waals surface area (Å²) in [6.07, 6.45) is -14.5. The van der Waals surface area contributed by atoms with Crippen LogP contribution >= 0.6 is 23.2 Å². The molecule has 0 radical (unpaired) electrons. The van der Waals surface area contributed by atoms with Crippen LogP contribution in [0.1, 0.15) is 45.5 Å². The van der Waals surface area contributed by atoms with E-state index in [0.29, 0.717) is 12.1 Å². The SMILES string of the molecule is C=Cc1c(Cl)cc(C(/C=C(\F)c2ccc(C(=O)N[C@H](C)CS(=O)(=O)CC(F)(F)F)c(C(F)(F)F)c2)C(F)(F)F)cc1Cl. The van der Waals surface area contributed by atoms with E-state index in [2.05, 4.69) is 6.58 Å². The number of hydrogen-bond donors (Lipinski definition) is 1. The highest BCUT2D eigenvalue weighted by atomic mass is 35.5. The number of halogens is 12. The Balaban J connectivity index is 2.48. The monoisotopic (exact) mass is 673 g/mol. The zero-order chi connectivity index (χ0) is 32.4. The van der Waals surface area contributed by atoms with Gasteiger partial charge in [-0.3, -0.25) is 4.79 Å². The zero-order valence-corrected chi connectivity index (χ0v) is 23.3. The minimum atomic E-state index is -5.36.